The fourth-order valence-corrected chi connectivity index (χ4v) is 3.06. The maximum Gasteiger partial charge on any atom is 0.154 e. The van der Waals surface area contributed by atoms with E-state index in [0.29, 0.717) is 19.5 Å². The summed E-state index contributed by atoms with van der Waals surface area (Å²) in [4.78, 5) is 6.59. The molecule has 4 heterocycles. The lowest BCUT2D eigenvalue weighted by Crippen LogP contribution is -2.38. The van der Waals surface area contributed by atoms with Crippen molar-refractivity contribution in [3.8, 4) is 0 Å². The molecular weight excluding hydrogens is 282 g/mol. The zero-order valence-corrected chi connectivity index (χ0v) is 12.3. The van der Waals surface area contributed by atoms with E-state index in [1.165, 1.54) is 0 Å². The molecule has 3 aromatic heterocycles. The topological polar surface area (TPSA) is 84.4 Å². The van der Waals surface area contributed by atoms with E-state index in [-0.39, 0.29) is 0 Å². The molecule has 0 amide bonds. The molecular formula is C14H17N7O. The average Bonchev–Trinajstić information content (AvgIpc) is 3.18. The largest absolute Gasteiger partial charge is 0.386 e. The highest BCUT2D eigenvalue weighted by Gasteiger charge is 2.38. The van der Waals surface area contributed by atoms with Crippen molar-refractivity contribution in [3.63, 3.8) is 0 Å². The molecule has 1 aliphatic rings. The summed E-state index contributed by atoms with van der Waals surface area (Å²) < 4.78 is 3.49. The number of aromatic nitrogens is 6. The van der Waals surface area contributed by atoms with Crippen molar-refractivity contribution in [1.82, 2.24) is 29.6 Å². The minimum absolute atomic E-state index is 0.435. The molecule has 22 heavy (non-hydrogen) atoms. The van der Waals surface area contributed by atoms with Crippen LogP contribution in [-0.2, 0) is 6.54 Å². The third kappa shape index (κ3) is 2.21. The number of hydrogen-bond donors (Lipinski definition) is 1. The van der Waals surface area contributed by atoms with Crippen molar-refractivity contribution < 1.29 is 5.11 Å². The first kappa shape index (κ1) is 13.2. The third-order valence-corrected chi connectivity index (χ3v) is 4.05. The standard InChI is InChI=1S/C14H17N7O/c1-11-8-12-13(15-3-7-21(12)17-11)19-5-2-14(22,9-19)10-20-6-4-16-18-20/h3-4,6-8,22H,2,5,9-10H2,1H3. The zero-order valence-electron chi connectivity index (χ0n) is 12.3. The molecule has 0 aliphatic carbocycles. The fourth-order valence-electron chi connectivity index (χ4n) is 3.06. The van der Waals surface area contributed by atoms with Gasteiger partial charge in [0.2, 0.25) is 0 Å². The molecule has 3 aromatic rings. The first-order valence-electron chi connectivity index (χ1n) is 7.25. The maximum absolute atomic E-state index is 10.8. The lowest BCUT2D eigenvalue weighted by Gasteiger charge is -2.23. The van der Waals surface area contributed by atoms with Crippen LogP contribution in [0.5, 0.6) is 0 Å². The minimum atomic E-state index is -0.822. The van der Waals surface area contributed by atoms with Crippen molar-refractivity contribution in [1.29, 1.82) is 0 Å². The Kier molecular flexibility index (Phi) is 2.86. The van der Waals surface area contributed by atoms with Gasteiger partial charge in [-0.25, -0.2) is 14.2 Å². The number of rotatable bonds is 3. The molecule has 0 bridgehead atoms. The number of hydrogen-bond acceptors (Lipinski definition) is 6. The first-order chi connectivity index (χ1) is 10.6. The van der Waals surface area contributed by atoms with Crippen LogP contribution < -0.4 is 4.90 Å². The summed E-state index contributed by atoms with van der Waals surface area (Å²) in [6, 6.07) is 2.01. The number of aryl methyl sites for hydroxylation is 1. The molecule has 1 atom stereocenters. The second-order valence-electron chi connectivity index (χ2n) is 5.86. The molecule has 1 aliphatic heterocycles. The number of fused-ring (bicyclic) bond motifs is 1. The van der Waals surface area contributed by atoms with E-state index in [1.807, 2.05) is 23.7 Å². The highest BCUT2D eigenvalue weighted by Crippen LogP contribution is 2.29. The molecule has 1 unspecified atom stereocenters. The van der Waals surface area contributed by atoms with Crippen molar-refractivity contribution >= 4 is 11.3 Å². The highest BCUT2D eigenvalue weighted by atomic mass is 16.3. The fraction of sp³-hybridized carbons (Fsp3) is 0.429. The van der Waals surface area contributed by atoms with Gasteiger partial charge in [-0.05, 0) is 19.4 Å². The smallest absolute Gasteiger partial charge is 0.154 e. The second kappa shape index (κ2) is 4.77. The van der Waals surface area contributed by atoms with E-state index in [0.717, 1.165) is 23.6 Å². The molecule has 1 N–H and O–H groups in total. The van der Waals surface area contributed by atoms with E-state index >= 15 is 0 Å². The summed E-state index contributed by atoms with van der Waals surface area (Å²) in [5.41, 5.74) is 1.09. The van der Waals surface area contributed by atoms with Crippen LogP contribution in [0, 0.1) is 6.92 Å². The van der Waals surface area contributed by atoms with Gasteiger partial charge < -0.3 is 10.0 Å². The van der Waals surface area contributed by atoms with Crippen LogP contribution in [-0.4, -0.2) is 53.4 Å². The van der Waals surface area contributed by atoms with Gasteiger partial charge in [0.15, 0.2) is 5.82 Å². The normalized spacial score (nSPS) is 21.8. The van der Waals surface area contributed by atoms with E-state index in [2.05, 4.69) is 25.3 Å². The highest BCUT2D eigenvalue weighted by molar-refractivity contribution is 5.69. The van der Waals surface area contributed by atoms with Gasteiger partial charge in [0.05, 0.1) is 25.0 Å². The van der Waals surface area contributed by atoms with Gasteiger partial charge >= 0.3 is 0 Å². The molecule has 114 valence electrons. The zero-order chi connectivity index (χ0) is 15.2. The lowest BCUT2D eigenvalue weighted by atomic mass is 10.0. The summed E-state index contributed by atoms with van der Waals surface area (Å²) in [6.45, 7) is 3.67. The molecule has 4 rings (SSSR count). The molecule has 1 saturated heterocycles. The summed E-state index contributed by atoms with van der Waals surface area (Å²) in [5, 5.41) is 22.9. The number of β-amino-alcohol motifs (C(OH)–C–C–N with tert-alkyl or cyclic N) is 1. The van der Waals surface area contributed by atoms with E-state index in [9.17, 15) is 5.11 Å². The molecule has 8 heteroatoms. The number of aliphatic hydroxyl groups is 1. The van der Waals surface area contributed by atoms with Gasteiger partial charge in [-0.1, -0.05) is 5.21 Å². The van der Waals surface area contributed by atoms with Gasteiger partial charge in [-0.3, -0.25) is 0 Å². The first-order valence-corrected chi connectivity index (χ1v) is 7.25. The Morgan fingerprint density at radius 1 is 1.32 bits per heavy atom. The second-order valence-corrected chi connectivity index (χ2v) is 5.86. The SMILES string of the molecule is Cc1cc2c(N3CCC(O)(Cn4ccnn4)C3)nccn2n1. The Balaban J connectivity index is 1.61. The van der Waals surface area contributed by atoms with Gasteiger partial charge in [-0.15, -0.1) is 5.10 Å². The van der Waals surface area contributed by atoms with E-state index < -0.39 is 5.60 Å². The Labute approximate surface area is 127 Å². The molecule has 1 fully saturated rings. The average molecular weight is 299 g/mol. The molecule has 0 aromatic carbocycles. The van der Waals surface area contributed by atoms with Gasteiger partial charge in [0.1, 0.15) is 11.1 Å². The molecule has 0 saturated carbocycles. The summed E-state index contributed by atoms with van der Waals surface area (Å²) in [5.74, 6) is 0.859. The van der Waals surface area contributed by atoms with Crippen molar-refractivity contribution in [2.24, 2.45) is 0 Å². The van der Waals surface area contributed by atoms with Gasteiger partial charge in [0, 0.05) is 25.1 Å². The van der Waals surface area contributed by atoms with E-state index in [4.69, 9.17) is 0 Å². The number of anilines is 1. The summed E-state index contributed by atoms with van der Waals surface area (Å²) in [6.07, 6.45) is 7.63. The summed E-state index contributed by atoms with van der Waals surface area (Å²) in [7, 11) is 0. The van der Waals surface area contributed by atoms with Crippen LogP contribution in [0.15, 0.2) is 30.9 Å². The Bertz CT molecular complexity index is 797. The monoisotopic (exact) mass is 299 g/mol. The quantitative estimate of drug-likeness (QED) is 0.747. The predicted octanol–water partition coefficient (Wildman–Crippen LogP) is 0.271. The molecule has 8 nitrogen and oxygen atoms in total. The number of nitrogens with zero attached hydrogens (tertiary/aromatic N) is 7. The third-order valence-electron chi connectivity index (χ3n) is 4.05. The Hall–Kier alpha value is -2.48. The lowest BCUT2D eigenvalue weighted by molar-refractivity contribution is 0.0408. The van der Waals surface area contributed by atoms with Gasteiger partial charge in [0.25, 0.3) is 0 Å². The van der Waals surface area contributed by atoms with Crippen LogP contribution in [0.1, 0.15) is 12.1 Å². The van der Waals surface area contributed by atoms with E-state index in [1.54, 1.807) is 23.3 Å². The summed E-state index contributed by atoms with van der Waals surface area (Å²) >= 11 is 0. The van der Waals surface area contributed by atoms with Crippen LogP contribution in [0.4, 0.5) is 5.82 Å². The van der Waals surface area contributed by atoms with Crippen molar-refractivity contribution in [3.05, 3.63) is 36.5 Å². The van der Waals surface area contributed by atoms with Gasteiger partial charge in [-0.2, -0.15) is 5.10 Å². The van der Waals surface area contributed by atoms with Crippen LogP contribution in [0.2, 0.25) is 0 Å². The minimum Gasteiger partial charge on any atom is -0.386 e. The Morgan fingerprint density at radius 2 is 2.23 bits per heavy atom. The van der Waals surface area contributed by atoms with Crippen molar-refractivity contribution in [2.75, 3.05) is 18.0 Å². The molecule has 0 spiro atoms. The van der Waals surface area contributed by atoms with Crippen LogP contribution in [0.25, 0.3) is 5.52 Å². The maximum atomic E-state index is 10.8. The van der Waals surface area contributed by atoms with Crippen LogP contribution in [0.3, 0.4) is 0 Å². The van der Waals surface area contributed by atoms with Crippen LogP contribution >= 0.6 is 0 Å². The predicted molar refractivity (Wildman–Crippen MR) is 79.5 cm³/mol. The molecule has 0 radical (unpaired) electrons. The van der Waals surface area contributed by atoms with Crippen molar-refractivity contribution in [2.45, 2.75) is 25.5 Å². The Morgan fingerprint density at radius 3 is 3.05 bits per heavy atom.